The summed E-state index contributed by atoms with van der Waals surface area (Å²) in [6.45, 7) is 0. The number of rotatable bonds is 6. The van der Waals surface area contributed by atoms with Crippen LogP contribution in [0, 0.1) is 0 Å². The van der Waals surface area contributed by atoms with Crippen molar-refractivity contribution in [2.24, 2.45) is 0 Å². The fourth-order valence-corrected chi connectivity index (χ4v) is 4.33. The molecular weight excluding hydrogens is 388 g/mol. The third-order valence-electron chi connectivity index (χ3n) is 5.94. The van der Waals surface area contributed by atoms with Crippen LogP contribution in [0.1, 0.15) is 25.7 Å². The van der Waals surface area contributed by atoms with Gasteiger partial charge in [-0.1, -0.05) is 72.8 Å². The molecule has 0 heterocycles. The first kappa shape index (κ1) is 20.1. The molecule has 2 nitrogen and oxygen atoms in total. The Morgan fingerprint density at radius 1 is 0.594 bits per heavy atom. The van der Waals surface area contributed by atoms with Crippen molar-refractivity contribution in [2.75, 3.05) is 10.2 Å². The van der Waals surface area contributed by atoms with Gasteiger partial charge >= 0.3 is 0 Å². The lowest BCUT2D eigenvalue weighted by atomic mass is 10.0. The van der Waals surface area contributed by atoms with Gasteiger partial charge in [-0.05, 0) is 79.3 Å². The van der Waals surface area contributed by atoms with Crippen LogP contribution in [0.3, 0.4) is 0 Å². The Balaban J connectivity index is 1.40. The van der Waals surface area contributed by atoms with E-state index in [4.69, 9.17) is 0 Å². The third kappa shape index (κ3) is 4.60. The Kier molecular flexibility index (Phi) is 6.02. The summed E-state index contributed by atoms with van der Waals surface area (Å²) in [6.07, 6.45) is 17.7. The highest BCUT2D eigenvalue weighted by Crippen LogP contribution is 2.34. The quantitative estimate of drug-likeness (QED) is 0.434. The fraction of sp³-hybridized carbons (Fsp3) is 0.133. The molecule has 0 fully saturated rings. The normalized spacial score (nSPS) is 15.1. The largest absolute Gasteiger partial charge is 0.355 e. The van der Waals surface area contributed by atoms with Crippen LogP contribution in [0.25, 0.3) is 11.1 Å². The topological polar surface area (TPSA) is 15.3 Å². The van der Waals surface area contributed by atoms with Crippen molar-refractivity contribution in [1.29, 1.82) is 0 Å². The maximum atomic E-state index is 3.59. The van der Waals surface area contributed by atoms with Gasteiger partial charge in [0.15, 0.2) is 0 Å². The Morgan fingerprint density at radius 2 is 1.25 bits per heavy atom. The van der Waals surface area contributed by atoms with E-state index in [1.165, 1.54) is 28.2 Å². The zero-order valence-corrected chi connectivity index (χ0v) is 18.2. The predicted octanol–water partition coefficient (Wildman–Crippen LogP) is 8.37. The highest BCUT2D eigenvalue weighted by molar-refractivity contribution is 5.71. The van der Waals surface area contributed by atoms with E-state index in [0.29, 0.717) is 0 Å². The van der Waals surface area contributed by atoms with Gasteiger partial charge in [0.05, 0.1) is 0 Å². The van der Waals surface area contributed by atoms with E-state index in [-0.39, 0.29) is 0 Å². The van der Waals surface area contributed by atoms with Crippen LogP contribution in [0.4, 0.5) is 17.1 Å². The molecular formula is C30H28N2. The summed E-state index contributed by atoms with van der Waals surface area (Å²) < 4.78 is 0. The molecule has 158 valence electrons. The summed E-state index contributed by atoms with van der Waals surface area (Å²) >= 11 is 0. The van der Waals surface area contributed by atoms with E-state index in [1.54, 1.807) is 0 Å². The molecule has 0 aromatic heterocycles. The number of benzene rings is 3. The number of nitrogens with zero attached hydrogens (tertiary/aromatic N) is 1. The van der Waals surface area contributed by atoms with Crippen LogP contribution < -0.4 is 10.2 Å². The summed E-state index contributed by atoms with van der Waals surface area (Å²) in [5, 5.41) is 3.59. The van der Waals surface area contributed by atoms with Crippen molar-refractivity contribution in [3.05, 3.63) is 127 Å². The summed E-state index contributed by atoms with van der Waals surface area (Å²) in [7, 11) is 0. The second kappa shape index (κ2) is 9.57. The van der Waals surface area contributed by atoms with Gasteiger partial charge in [0.25, 0.3) is 0 Å². The maximum absolute atomic E-state index is 3.59. The highest BCUT2D eigenvalue weighted by Gasteiger charge is 2.18. The fourth-order valence-electron chi connectivity index (χ4n) is 4.33. The predicted molar refractivity (Wildman–Crippen MR) is 137 cm³/mol. The first-order chi connectivity index (χ1) is 15.9. The van der Waals surface area contributed by atoms with Crippen LogP contribution in [0.15, 0.2) is 127 Å². The van der Waals surface area contributed by atoms with Gasteiger partial charge in [0, 0.05) is 28.5 Å². The summed E-state index contributed by atoms with van der Waals surface area (Å²) in [6, 6.07) is 27.9. The smallest absolute Gasteiger partial charge is 0.0475 e. The van der Waals surface area contributed by atoms with Crippen molar-refractivity contribution < 1.29 is 0 Å². The van der Waals surface area contributed by atoms with Crippen molar-refractivity contribution in [1.82, 2.24) is 0 Å². The molecule has 3 aromatic rings. The minimum absolute atomic E-state index is 1.07. The standard InChI is InChI=1S/C30H28N2/c1-4-11-24(12-5-1)25-19-21-26(22-20-25)31-27-13-10-18-30(23-27)32(28-14-6-2-7-15-28)29-16-8-3-9-17-29/h1-6,8,10-14,16,18-23,31H,7,9,15,17H2. The van der Waals surface area contributed by atoms with Crippen LogP contribution >= 0.6 is 0 Å². The number of nitrogens with one attached hydrogen (secondary N) is 1. The van der Waals surface area contributed by atoms with E-state index in [1.807, 2.05) is 0 Å². The zero-order valence-electron chi connectivity index (χ0n) is 18.2. The number of allylic oxidation sites excluding steroid dienone is 8. The molecule has 2 aliphatic rings. The van der Waals surface area contributed by atoms with E-state index in [0.717, 1.165) is 37.1 Å². The van der Waals surface area contributed by atoms with Crippen molar-refractivity contribution in [3.63, 3.8) is 0 Å². The van der Waals surface area contributed by atoms with Gasteiger partial charge in [-0.3, -0.25) is 0 Å². The molecule has 2 aliphatic carbocycles. The molecule has 2 heteroatoms. The molecule has 0 amide bonds. The molecule has 1 N–H and O–H groups in total. The summed E-state index contributed by atoms with van der Waals surface area (Å²) in [4.78, 5) is 2.44. The minimum Gasteiger partial charge on any atom is -0.355 e. The minimum atomic E-state index is 1.07. The molecule has 0 radical (unpaired) electrons. The SMILES string of the molecule is C1=CCCC(N(C2=CC=CCC2)c2cccc(Nc3ccc(-c4ccccc4)cc3)c2)=C1. The monoisotopic (exact) mass is 416 g/mol. The van der Waals surface area contributed by atoms with Gasteiger partial charge < -0.3 is 10.2 Å². The van der Waals surface area contributed by atoms with E-state index >= 15 is 0 Å². The van der Waals surface area contributed by atoms with Gasteiger partial charge in [0.1, 0.15) is 0 Å². The maximum Gasteiger partial charge on any atom is 0.0475 e. The van der Waals surface area contributed by atoms with Crippen LogP contribution in [0.2, 0.25) is 0 Å². The molecule has 0 aliphatic heterocycles. The third-order valence-corrected chi connectivity index (χ3v) is 5.94. The van der Waals surface area contributed by atoms with Gasteiger partial charge in [-0.25, -0.2) is 0 Å². The van der Waals surface area contributed by atoms with E-state index < -0.39 is 0 Å². The van der Waals surface area contributed by atoms with Gasteiger partial charge in [0.2, 0.25) is 0 Å². The Bertz CT molecular complexity index is 1150. The molecule has 0 bridgehead atoms. The van der Waals surface area contributed by atoms with E-state index in [9.17, 15) is 0 Å². The molecule has 3 aromatic carbocycles. The number of hydrogen-bond acceptors (Lipinski definition) is 2. The Hall–Kier alpha value is -3.78. The number of anilines is 3. The summed E-state index contributed by atoms with van der Waals surface area (Å²) in [5.74, 6) is 0. The Labute approximate surface area is 190 Å². The van der Waals surface area contributed by atoms with E-state index in [2.05, 4.69) is 126 Å². The van der Waals surface area contributed by atoms with Crippen molar-refractivity contribution in [2.45, 2.75) is 25.7 Å². The summed E-state index contributed by atoms with van der Waals surface area (Å²) in [5.41, 5.74) is 8.58. The molecule has 0 spiro atoms. The van der Waals surface area contributed by atoms with Gasteiger partial charge in [-0.15, -0.1) is 0 Å². The van der Waals surface area contributed by atoms with Crippen LogP contribution in [-0.2, 0) is 0 Å². The van der Waals surface area contributed by atoms with Crippen LogP contribution in [0.5, 0.6) is 0 Å². The Morgan fingerprint density at radius 3 is 1.88 bits per heavy atom. The highest BCUT2D eigenvalue weighted by atomic mass is 15.2. The average Bonchev–Trinajstić information content (AvgIpc) is 2.87. The van der Waals surface area contributed by atoms with Crippen molar-refractivity contribution >= 4 is 17.1 Å². The average molecular weight is 417 g/mol. The first-order valence-corrected chi connectivity index (χ1v) is 11.4. The molecule has 32 heavy (non-hydrogen) atoms. The second-order valence-corrected chi connectivity index (χ2v) is 8.20. The zero-order chi connectivity index (χ0) is 21.6. The molecule has 0 saturated heterocycles. The molecule has 0 unspecified atom stereocenters. The lowest BCUT2D eigenvalue weighted by Gasteiger charge is -2.32. The second-order valence-electron chi connectivity index (χ2n) is 8.20. The lowest BCUT2D eigenvalue weighted by Crippen LogP contribution is -2.23. The lowest BCUT2D eigenvalue weighted by molar-refractivity contribution is 0.838. The number of hydrogen-bond donors (Lipinski definition) is 1. The van der Waals surface area contributed by atoms with Crippen LogP contribution in [-0.4, -0.2) is 0 Å². The van der Waals surface area contributed by atoms with Crippen molar-refractivity contribution in [3.8, 4) is 11.1 Å². The molecule has 0 saturated carbocycles. The molecule has 5 rings (SSSR count). The first-order valence-electron chi connectivity index (χ1n) is 11.4. The van der Waals surface area contributed by atoms with Gasteiger partial charge in [-0.2, -0.15) is 0 Å². The molecule has 0 atom stereocenters.